The molecule has 9 heteroatoms. The minimum absolute atomic E-state index is 0.161. The van der Waals surface area contributed by atoms with Crippen molar-refractivity contribution in [1.82, 2.24) is 4.98 Å². The molecule has 26 heavy (non-hydrogen) atoms. The highest BCUT2D eigenvalue weighted by atomic mass is 35.5. The summed E-state index contributed by atoms with van der Waals surface area (Å²) in [6.45, 7) is 0. The number of benzene rings is 2. The van der Waals surface area contributed by atoms with E-state index in [-0.39, 0.29) is 16.3 Å². The molecule has 0 atom stereocenters. The van der Waals surface area contributed by atoms with Crippen molar-refractivity contribution in [2.75, 3.05) is 16.3 Å². The van der Waals surface area contributed by atoms with E-state index in [1.165, 1.54) is 18.2 Å². The molecule has 1 heterocycles. The number of H-pyrrole nitrogens is 1. The molecule has 0 bridgehead atoms. The summed E-state index contributed by atoms with van der Waals surface area (Å²) in [7, 11) is -3.51. The Balaban J connectivity index is 1.94. The molecule has 0 aliphatic rings. The van der Waals surface area contributed by atoms with Crippen molar-refractivity contribution < 1.29 is 13.2 Å². The summed E-state index contributed by atoms with van der Waals surface area (Å²) < 4.78 is 25.1. The molecular formula is C17H14ClN3O4S. The van der Waals surface area contributed by atoms with Crippen LogP contribution in [0.5, 0.6) is 0 Å². The fourth-order valence-corrected chi connectivity index (χ4v) is 3.25. The molecule has 0 spiro atoms. The van der Waals surface area contributed by atoms with E-state index < -0.39 is 15.9 Å². The third-order valence-electron chi connectivity index (χ3n) is 3.53. The molecular weight excluding hydrogens is 378 g/mol. The predicted octanol–water partition coefficient (Wildman–Crippen LogP) is 2.81. The number of hydrogen-bond acceptors (Lipinski definition) is 4. The van der Waals surface area contributed by atoms with Crippen LogP contribution in [0.15, 0.2) is 53.3 Å². The Labute approximate surface area is 154 Å². The highest BCUT2D eigenvalue weighted by Crippen LogP contribution is 2.27. The third-order valence-corrected chi connectivity index (χ3v) is 4.45. The van der Waals surface area contributed by atoms with Crippen LogP contribution in [-0.2, 0) is 10.0 Å². The molecule has 7 nitrogen and oxygen atoms in total. The minimum atomic E-state index is -3.51. The minimum Gasteiger partial charge on any atom is -0.322 e. The molecule has 3 N–H and O–H groups in total. The summed E-state index contributed by atoms with van der Waals surface area (Å²) >= 11 is 5.98. The number of carbonyl (C=O) groups is 1. The first-order chi connectivity index (χ1) is 12.2. The lowest BCUT2D eigenvalue weighted by atomic mass is 10.1. The van der Waals surface area contributed by atoms with Crippen molar-refractivity contribution in [3.05, 3.63) is 69.5 Å². The maximum absolute atomic E-state index is 12.6. The number of amides is 1. The van der Waals surface area contributed by atoms with E-state index in [2.05, 4.69) is 15.0 Å². The molecule has 0 unspecified atom stereocenters. The predicted molar refractivity (Wildman–Crippen MR) is 102 cm³/mol. The van der Waals surface area contributed by atoms with Crippen molar-refractivity contribution in [2.45, 2.75) is 0 Å². The summed E-state index contributed by atoms with van der Waals surface area (Å²) in [4.78, 5) is 26.7. The zero-order valence-electron chi connectivity index (χ0n) is 13.5. The van der Waals surface area contributed by atoms with E-state index in [0.29, 0.717) is 22.2 Å². The summed E-state index contributed by atoms with van der Waals surface area (Å²) in [6.07, 6.45) is 1.01. The Kier molecular flexibility index (Phi) is 4.71. The lowest BCUT2D eigenvalue weighted by Crippen LogP contribution is -2.14. The zero-order valence-corrected chi connectivity index (χ0v) is 15.1. The van der Waals surface area contributed by atoms with Gasteiger partial charge in [-0.3, -0.25) is 14.3 Å². The van der Waals surface area contributed by atoms with Gasteiger partial charge in [-0.2, -0.15) is 0 Å². The third kappa shape index (κ3) is 4.04. The summed E-state index contributed by atoms with van der Waals surface area (Å²) in [5.74, 6) is -0.407. The van der Waals surface area contributed by atoms with Crippen LogP contribution >= 0.6 is 11.6 Å². The molecule has 0 saturated heterocycles. The van der Waals surface area contributed by atoms with Crippen LogP contribution in [0, 0.1) is 0 Å². The van der Waals surface area contributed by atoms with Crippen molar-refractivity contribution >= 4 is 49.8 Å². The van der Waals surface area contributed by atoms with Crippen LogP contribution in [0.25, 0.3) is 10.9 Å². The molecule has 1 amide bonds. The molecule has 134 valence electrons. The van der Waals surface area contributed by atoms with Crippen LogP contribution in [0.3, 0.4) is 0 Å². The maximum atomic E-state index is 12.6. The summed E-state index contributed by atoms with van der Waals surface area (Å²) in [5.41, 5.74) is 1.18. The van der Waals surface area contributed by atoms with Gasteiger partial charge in [0.15, 0.2) is 0 Å². The quantitative estimate of drug-likeness (QED) is 0.635. The lowest BCUT2D eigenvalue weighted by Gasteiger charge is -2.11. The Morgan fingerprint density at radius 1 is 1.12 bits per heavy atom. The van der Waals surface area contributed by atoms with Gasteiger partial charge < -0.3 is 10.3 Å². The smallest absolute Gasteiger partial charge is 0.256 e. The SMILES string of the molecule is CS(=O)(=O)Nc1cc(NC(=O)c2cccc3[nH]c(=O)ccc23)ccc1Cl. The second-order valence-corrected chi connectivity index (χ2v) is 7.77. The fourth-order valence-electron chi connectivity index (χ4n) is 2.46. The first-order valence-electron chi connectivity index (χ1n) is 7.44. The molecule has 3 rings (SSSR count). The van der Waals surface area contributed by atoms with Gasteiger partial charge in [0.2, 0.25) is 15.6 Å². The number of carbonyl (C=O) groups excluding carboxylic acids is 1. The molecule has 0 radical (unpaired) electrons. The zero-order chi connectivity index (χ0) is 18.9. The van der Waals surface area contributed by atoms with Crippen molar-refractivity contribution in [1.29, 1.82) is 0 Å². The number of hydrogen-bond donors (Lipinski definition) is 3. The van der Waals surface area contributed by atoms with Gasteiger partial charge in [0.05, 0.1) is 17.0 Å². The van der Waals surface area contributed by atoms with Gasteiger partial charge >= 0.3 is 0 Å². The van der Waals surface area contributed by atoms with E-state index in [1.807, 2.05) is 0 Å². The van der Waals surface area contributed by atoms with Crippen LogP contribution in [-0.4, -0.2) is 25.6 Å². The molecule has 0 aliphatic heterocycles. The van der Waals surface area contributed by atoms with Crippen LogP contribution in [0.4, 0.5) is 11.4 Å². The van der Waals surface area contributed by atoms with Crippen LogP contribution < -0.4 is 15.6 Å². The van der Waals surface area contributed by atoms with Gasteiger partial charge in [-0.25, -0.2) is 8.42 Å². The van der Waals surface area contributed by atoms with Gasteiger partial charge in [0.25, 0.3) is 5.91 Å². The normalized spacial score (nSPS) is 11.3. The number of nitrogens with one attached hydrogen (secondary N) is 3. The van der Waals surface area contributed by atoms with Gasteiger partial charge in [-0.05, 0) is 36.4 Å². The number of sulfonamides is 1. The van der Waals surface area contributed by atoms with Crippen molar-refractivity contribution in [3.63, 3.8) is 0 Å². The monoisotopic (exact) mass is 391 g/mol. The van der Waals surface area contributed by atoms with Gasteiger partial charge in [-0.15, -0.1) is 0 Å². The summed E-state index contributed by atoms with van der Waals surface area (Å²) in [5, 5.41) is 3.49. The Morgan fingerprint density at radius 3 is 2.62 bits per heavy atom. The Bertz CT molecular complexity index is 1170. The lowest BCUT2D eigenvalue weighted by molar-refractivity contribution is 0.102. The average molecular weight is 392 g/mol. The van der Waals surface area contributed by atoms with Gasteiger partial charge in [0, 0.05) is 28.2 Å². The van der Waals surface area contributed by atoms with E-state index in [1.54, 1.807) is 30.3 Å². The second-order valence-electron chi connectivity index (χ2n) is 5.61. The molecule has 1 aromatic heterocycles. The molecule has 2 aromatic carbocycles. The largest absolute Gasteiger partial charge is 0.322 e. The van der Waals surface area contributed by atoms with E-state index in [9.17, 15) is 18.0 Å². The Hall–Kier alpha value is -2.84. The molecule has 0 fully saturated rings. The summed E-state index contributed by atoms with van der Waals surface area (Å²) in [6, 6.07) is 12.4. The first-order valence-corrected chi connectivity index (χ1v) is 9.71. The highest BCUT2D eigenvalue weighted by Gasteiger charge is 2.13. The molecule has 0 saturated carbocycles. The number of aromatic nitrogens is 1. The molecule has 0 aliphatic carbocycles. The first kappa shape index (κ1) is 18.0. The number of anilines is 2. The maximum Gasteiger partial charge on any atom is 0.256 e. The van der Waals surface area contributed by atoms with E-state index in [4.69, 9.17) is 11.6 Å². The number of pyridine rings is 1. The second kappa shape index (κ2) is 6.81. The Morgan fingerprint density at radius 2 is 1.88 bits per heavy atom. The van der Waals surface area contributed by atoms with Crippen molar-refractivity contribution in [3.8, 4) is 0 Å². The van der Waals surface area contributed by atoms with Gasteiger partial charge in [0.1, 0.15) is 0 Å². The van der Waals surface area contributed by atoms with E-state index >= 15 is 0 Å². The van der Waals surface area contributed by atoms with E-state index in [0.717, 1.165) is 6.26 Å². The van der Waals surface area contributed by atoms with Crippen molar-refractivity contribution in [2.24, 2.45) is 0 Å². The number of aromatic amines is 1. The van der Waals surface area contributed by atoms with Gasteiger partial charge in [-0.1, -0.05) is 17.7 Å². The standard InChI is InChI=1S/C17H14ClN3O4S/c1-26(24,25)21-15-9-10(5-7-13(15)18)19-17(23)12-3-2-4-14-11(12)6-8-16(22)20-14/h2-9,21H,1H3,(H,19,23)(H,20,22). The van der Waals surface area contributed by atoms with Crippen LogP contribution in [0.2, 0.25) is 5.02 Å². The number of halogens is 1. The number of rotatable bonds is 4. The average Bonchev–Trinajstić information content (AvgIpc) is 2.55. The fraction of sp³-hybridized carbons (Fsp3) is 0.0588. The highest BCUT2D eigenvalue weighted by molar-refractivity contribution is 7.92. The van der Waals surface area contributed by atoms with Crippen LogP contribution in [0.1, 0.15) is 10.4 Å². The topological polar surface area (TPSA) is 108 Å². The molecule has 3 aromatic rings. The number of fused-ring (bicyclic) bond motifs is 1.